The maximum atomic E-state index is 11.2. The lowest BCUT2D eigenvalue weighted by molar-refractivity contribution is 0.168. The van der Waals surface area contributed by atoms with Crippen LogP contribution in [-0.2, 0) is 10.2 Å². The first-order valence-electron chi connectivity index (χ1n) is 5.99. The Balaban J connectivity index is 3.00. The number of benzene rings is 1. The Labute approximate surface area is 113 Å². The van der Waals surface area contributed by atoms with Crippen LogP contribution in [0.3, 0.4) is 0 Å². The molecule has 0 aliphatic rings. The van der Waals surface area contributed by atoms with Gasteiger partial charge in [-0.25, -0.2) is 4.79 Å². The molecule has 1 amide bonds. The first kappa shape index (κ1) is 15.1. The number of ether oxygens (including phenoxy) is 3. The minimum absolute atomic E-state index is 0.311. The summed E-state index contributed by atoms with van der Waals surface area (Å²) in [4.78, 5) is 11.2. The van der Waals surface area contributed by atoms with Crippen LogP contribution in [0.4, 0.5) is 4.79 Å². The number of amides is 1. The van der Waals surface area contributed by atoms with E-state index in [0.717, 1.165) is 17.1 Å². The summed E-state index contributed by atoms with van der Waals surface area (Å²) in [5.41, 5.74) is 0.652. The zero-order chi connectivity index (χ0) is 14.5. The Kier molecular flexibility index (Phi) is 5.03. The van der Waals surface area contributed by atoms with E-state index in [-0.39, 0.29) is 5.41 Å². The maximum Gasteiger partial charge on any atom is 0.406 e. The van der Waals surface area contributed by atoms with Gasteiger partial charge < -0.3 is 19.5 Å². The molecule has 5 nitrogen and oxygen atoms in total. The third-order valence-electron chi connectivity index (χ3n) is 3.00. The lowest BCUT2D eigenvalue weighted by Gasteiger charge is -2.27. The van der Waals surface area contributed by atoms with Gasteiger partial charge in [-0.15, -0.1) is 0 Å². The fraction of sp³-hybridized carbons (Fsp3) is 0.500. The molecule has 0 aliphatic carbocycles. The molecule has 0 fully saturated rings. The van der Waals surface area contributed by atoms with E-state index in [4.69, 9.17) is 9.47 Å². The number of carbonyl (C=O) groups excluding carboxylic acids is 1. The Bertz CT molecular complexity index is 443. The van der Waals surface area contributed by atoms with Gasteiger partial charge >= 0.3 is 6.09 Å². The standard InChI is InChI=1S/C14H21NO4/c1-14(2,9-15-13(16)19-5)11-8-10(17-3)6-7-12(11)18-4/h6-8H,9H2,1-5H3,(H,15,16). The second-order valence-electron chi connectivity index (χ2n) is 4.80. The molecular formula is C14H21NO4. The molecule has 0 aromatic heterocycles. The minimum atomic E-state index is -0.449. The van der Waals surface area contributed by atoms with Crippen molar-refractivity contribution < 1.29 is 19.0 Å². The Hall–Kier alpha value is -1.91. The highest BCUT2D eigenvalue weighted by Gasteiger charge is 2.26. The molecule has 0 radical (unpaired) electrons. The van der Waals surface area contributed by atoms with Gasteiger partial charge in [-0.3, -0.25) is 0 Å². The molecule has 5 heteroatoms. The van der Waals surface area contributed by atoms with Crippen LogP contribution in [0.5, 0.6) is 11.5 Å². The van der Waals surface area contributed by atoms with Crippen LogP contribution in [0.1, 0.15) is 19.4 Å². The van der Waals surface area contributed by atoms with E-state index in [1.54, 1.807) is 14.2 Å². The molecule has 0 saturated heterocycles. The predicted molar refractivity (Wildman–Crippen MR) is 73.0 cm³/mol. The zero-order valence-corrected chi connectivity index (χ0v) is 12.1. The lowest BCUT2D eigenvalue weighted by Crippen LogP contribution is -2.36. The molecule has 0 aliphatic heterocycles. The number of rotatable bonds is 5. The van der Waals surface area contributed by atoms with Crippen molar-refractivity contribution in [2.45, 2.75) is 19.3 Å². The molecule has 0 unspecified atom stereocenters. The number of carbonyl (C=O) groups is 1. The molecule has 0 atom stereocenters. The van der Waals surface area contributed by atoms with Crippen LogP contribution in [0.2, 0.25) is 0 Å². The van der Waals surface area contributed by atoms with E-state index in [9.17, 15) is 4.79 Å². The van der Waals surface area contributed by atoms with Gasteiger partial charge in [0, 0.05) is 17.5 Å². The molecule has 0 bridgehead atoms. The largest absolute Gasteiger partial charge is 0.497 e. The van der Waals surface area contributed by atoms with Crippen molar-refractivity contribution in [3.05, 3.63) is 23.8 Å². The number of nitrogens with one attached hydrogen (secondary N) is 1. The fourth-order valence-corrected chi connectivity index (χ4v) is 1.80. The van der Waals surface area contributed by atoms with Crippen molar-refractivity contribution >= 4 is 6.09 Å². The van der Waals surface area contributed by atoms with Crippen molar-refractivity contribution in [1.29, 1.82) is 0 Å². The molecule has 0 heterocycles. The first-order valence-corrected chi connectivity index (χ1v) is 5.99. The number of hydrogen-bond donors (Lipinski definition) is 1. The Morgan fingerprint density at radius 2 is 1.89 bits per heavy atom. The number of hydrogen-bond acceptors (Lipinski definition) is 4. The van der Waals surface area contributed by atoms with Gasteiger partial charge in [0.2, 0.25) is 0 Å². The molecule has 0 saturated carbocycles. The molecule has 1 aromatic carbocycles. The van der Waals surface area contributed by atoms with E-state index in [1.807, 2.05) is 32.0 Å². The molecule has 19 heavy (non-hydrogen) atoms. The van der Waals surface area contributed by atoms with Gasteiger partial charge in [0.1, 0.15) is 11.5 Å². The molecule has 1 N–H and O–H groups in total. The first-order chi connectivity index (χ1) is 8.94. The Morgan fingerprint density at radius 1 is 1.21 bits per heavy atom. The quantitative estimate of drug-likeness (QED) is 0.889. The van der Waals surface area contributed by atoms with Gasteiger partial charge in [0.25, 0.3) is 0 Å². The summed E-state index contributed by atoms with van der Waals surface area (Å²) >= 11 is 0. The highest BCUT2D eigenvalue weighted by molar-refractivity contribution is 5.67. The smallest absolute Gasteiger partial charge is 0.406 e. The van der Waals surface area contributed by atoms with Crippen LogP contribution >= 0.6 is 0 Å². The zero-order valence-electron chi connectivity index (χ0n) is 12.1. The van der Waals surface area contributed by atoms with Gasteiger partial charge in [-0.2, -0.15) is 0 Å². The summed E-state index contributed by atoms with van der Waals surface area (Å²) in [5.74, 6) is 1.51. The molecule has 1 rings (SSSR count). The van der Waals surface area contributed by atoms with Gasteiger partial charge in [-0.05, 0) is 18.2 Å². The fourth-order valence-electron chi connectivity index (χ4n) is 1.80. The third kappa shape index (κ3) is 3.77. The van der Waals surface area contributed by atoms with Gasteiger partial charge in [0.15, 0.2) is 0 Å². The van der Waals surface area contributed by atoms with E-state index in [2.05, 4.69) is 10.1 Å². The molecular weight excluding hydrogens is 246 g/mol. The van der Waals surface area contributed by atoms with Gasteiger partial charge in [0.05, 0.1) is 21.3 Å². The lowest BCUT2D eigenvalue weighted by atomic mass is 9.83. The normalized spacial score (nSPS) is 10.8. The predicted octanol–water partition coefficient (Wildman–Crippen LogP) is 2.34. The summed E-state index contributed by atoms with van der Waals surface area (Å²) in [6, 6.07) is 5.61. The Morgan fingerprint density at radius 3 is 2.42 bits per heavy atom. The number of methoxy groups -OCH3 is 3. The topological polar surface area (TPSA) is 56.8 Å². The van der Waals surface area contributed by atoms with E-state index in [1.165, 1.54) is 7.11 Å². The molecule has 106 valence electrons. The summed E-state index contributed by atoms with van der Waals surface area (Å²) < 4.78 is 15.2. The van der Waals surface area contributed by atoms with Crippen molar-refractivity contribution in [2.24, 2.45) is 0 Å². The number of alkyl carbamates (subject to hydrolysis) is 1. The third-order valence-corrected chi connectivity index (χ3v) is 3.00. The average molecular weight is 267 g/mol. The molecule has 1 aromatic rings. The summed E-state index contributed by atoms with van der Waals surface area (Å²) in [7, 11) is 4.58. The van der Waals surface area contributed by atoms with Crippen molar-refractivity contribution in [3.63, 3.8) is 0 Å². The second-order valence-corrected chi connectivity index (χ2v) is 4.80. The van der Waals surface area contributed by atoms with E-state index >= 15 is 0 Å². The van der Waals surface area contributed by atoms with E-state index < -0.39 is 6.09 Å². The van der Waals surface area contributed by atoms with Crippen LogP contribution < -0.4 is 14.8 Å². The summed E-state index contributed by atoms with van der Waals surface area (Å²) in [6.45, 7) is 4.46. The summed E-state index contributed by atoms with van der Waals surface area (Å²) in [6.07, 6.45) is -0.449. The maximum absolute atomic E-state index is 11.2. The van der Waals surface area contributed by atoms with Crippen molar-refractivity contribution in [2.75, 3.05) is 27.9 Å². The highest BCUT2D eigenvalue weighted by Crippen LogP contribution is 2.34. The molecule has 0 spiro atoms. The van der Waals surface area contributed by atoms with Gasteiger partial charge in [-0.1, -0.05) is 13.8 Å². The van der Waals surface area contributed by atoms with Crippen molar-refractivity contribution in [3.8, 4) is 11.5 Å². The SMILES string of the molecule is COC(=O)NCC(C)(C)c1cc(OC)ccc1OC. The van der Waals surface area contributed by atoms with Crippen LogP contribution in [-0.4, -0.2) is 34.0 Å². The van der Waals surface area contributed by atoms with Crippen LogP contribution in [0.15, 0.2) is 18.2 Å². The van der Waals surface area contributed by atoms with Crippen molar-refractivity contribution in [1.82, 2.24) is 5.32 Å². The monoisotopic (exact) mass is 267 g/mol. The highest BCUT2D eigenvalue weighted by atomic mass is 16.5. The summed E-state index contributed by atoms with van der Waals surface area (Å²) in [5, 5.41) is 2.70. The average Bonchev–Trinajstić information content (AvgIpc) is 2.43. The second kappa shape index (κ2) is 6.31. The van der Waals surface area contributed by atoms with E-state index in [0.29, 0.717) is 6.54 Å². The van der Waals surface area contributed by atoms with Crippen LogP contribution in [0.25, 0.3) is 0 Å². The van der Waals surface area contributed by atoms with Crippen LogP contribution in [0, 0.1) is 0 Å². The minimum Gasteiger partial charge on any atom is -0.497 e.